The zero-order valence-corrected chi connectivity index (χ0v) is 14.5. The highest BCUT2D eigenvalue weighted by atomic mass is 32.2. The summed E-state index contributed by atoms with van der Waals surface area (Å²) < 4.78 is 27.2. The van der Waals surface area contributed by atoms with Crippen molar-refractivity contribution in [2.24, 2.45) is 0 Å². The predicted octanol–water partition coefficient (Wildman–Crippen LogP) is 0.0980. The van der Waals surface area contributed by atoms with Crippen molar-refractivity contribution in [2.75, 3.05) is 51.0 Å². The lowest BCUT2D eigenvalue weighted by molar-refractivity contribution is -0.130. The van der Waals surface area contributed by atoms with Crippen LogP contribution in [0.3, 0.4) is 0 Å². The summed E-state index contributed by atoms with van der Waals surface area (Å²) in [4.78, 5) is 27.1. The van der Waals surface area contributed by atoms with Crippen LogP contribution in [0.5, 0.6) is 5.75 Å². The van der Waals surface area contributed by atoms with Crippen molar-refractivity contribution in [1.82, 2.24) is 10.2 Å². The number of ether oxygens (including phenoxy) is 1. The fraction of sp³-hybridized carbons (Fsp3) is 0.467. The molecular formula is C15H21N3O5S. The van der Waals surface area contributed by atoms with Crippen LogP contribution in [0.15, 0.2) is 24.3 Å². The predicted molar refractivity (Wildman–Crippen MR) is 90.0 cm³/mol. The van der Waals surface area contributed by atoms with E-state index >= 15 is 0 Å². The molecule has 0 atom stereocenters. The van der Waals surface area contributed by atoms with E-state index in [1.165, 1.54) is 0 Å². The first kappa shape index (κ1) is 18.1. The molecule has 24 heavy (non-hydrogen) atoms. The lowest BCUT2D eigenvalue weighted by Gasteiger charge is -2.36. The zero-order chi connectivity index (χ0) is 17.7. The molecule has 1 aliphatic heterocycles. The van der Waals surface area contributed by atoms with Gasteiger partial charge < -0.3 is 19.9 Å². The monoisotopic (exact) mass is 355 g/mol. The van der Waals surface area contributed by atoms with Gasteiger partial charge in [0.15, 0.2) is 0 Å². The van der Waals surface area contributed by atoms with Crippen LogP contribution in [0.4, 0.5) is 10.5 Å². The molecule has 1 heterocycles. The highest BCUT2D eigenvalue weighted by molar-refractivity contribution is 8.05. The first-order valence-corrected chi connectivity index (χ1v) is 9.35. The molecule has 2 rings (SSSR count). The highest BCUT2D eigenvalue weighted by Gasteiger charge is 2.23. The second kappa shape index (κ2) is 7.52. The summed E-state index contributed by atoms with van der Waals surface area (Å²) in [7, 11) is -2.21. The van der Waals surface area contributed by atoms with E-state index in [0.29, 0.717) is 26.2 Å². The SMILES string of the molecule is COc1ccc(N2CCN(C(=O)CNC(=O)S(C)(=O)=O)CC2)cc1. The number of carbonyl (C=O) groups excluding carboxylic acids is 2. The number of hydrogen-bond donors (Lipinski definition) is 1. The Bertz CT molecular complexity index is 694. The maximum Gasteiger partial charge on any atom is 0.336 e. The molecule has 1 aliphatic rings. The average Bonchev–Trinajstić information content (AvgIpc) is 2.58. The lowest BCUT2D eigenvalue weighted by Crippen LogP contribution is -2.51. The smallest absolute Gasteiger partial charge is 0.336 e. The normalized spacial score (nSPS) is 15.1. The molecule has 1 aromatic rings. The molecule has 0 saturated carbocycles. The fourth-order valence-electron chi connectivity index (χ4n) is 2.40. The quantitative estimate of drug-likeness (QED) is 0.823. The maximum atomic E-state index is 12.0. The number of carbonyl (C=O) groups is 2. The van der Waals surface area contributed by atoms with E-state index in [1.54, 1.807) is 12.0 Å². The van der Waals surface area contributed by atoms with Gasteiger partial charge in [-0.05, 0) is 24.3 Å². The van der Waals surface area contributed by atoms with E-state index in [1.807, 2.05) is 24.3 Å². The number of anilines is 1. The van der Waals surface area contributed by atoms with Crippen LogP contribution in [0.25, 0.3) is 0 Å². The van der Waals surface area contributed by atoms with Gasteiger partial charge in [0, 0.05) is 38.1 Å². The van der Waals surface area contributed by atoms with E-state index in [9.17, 15) is 18.0 Å². The summed E-state index contributed by atoms with van der Waals surface area (Å²) in [5, 5.41) is 0.998. The Labute approximate surface area is 141 Å². The molecule has 8 nitrogen and oxygen atoms in total. The Morgan fingerprint density at radius 1 is 1.12 bits per heavy atom. The number of rotatable bonds is 4. The van der Waals surface area contributed by atoms with Gasteiger partial charge in [0.2, 0.25) is 15.7 Å². The number of sulfone groups is 1. The third-order valence-electron chi connectivity index (χ3n) is 3.79. The summed E-state index contributed by atoms with van der Waals surface area (Å²) in [5.74, 6) is 0.496. The molecule has 0 aliphatic carbocycles. The van der Waals surface area contributed by atoms with E-state index in [-0.39, 0.29) is 12.5 Å². The summed E-state index contributed by atoms with van der Waals surface area (Å²) in [6, 6.07) is 7.69. The van der Waals surface area contributed by atoms with E-state index in [2.05, 4.69) is 10.2 Å². The van der Waals surface area contributed by atoms with Gasteiger partial charge >= 0.3 is 5.24 Å². The van der Waals surface area contributed by atoms with Gasteiger partial charge in [-0.25, -0.2) is 8.42 Å². The number of piperazine rings is 1. The van der Waals surface area contributed by atoms with Gasteiger partial charge in [0.05, 0.1) is 13.7 Å². The molecule has 0 spiro atoms. The molecule has 9 heteroatoms. The molecule has 1 saturated heterocycles. The second-order valence-corrected chi connectivity index (χ2v) is 7.39. The lowest BCUT2D eigenvalue weighted by atomic mass is 10.2. The minimum Gasteiger partial charge on any atom is -0.497 e. The Morgan fingerprint density at radius 3 is 2.21 bits per heavy atom. The summed E-state index contributed by atoms with van der Waals surface area (Å²) in [6.45, 7) is 2.05. The van der Waals surface area contributed by atoms with Crippen LogP contribution in [-0.2, 0) is 14.6 Å². The van der Waals surface area contributed by atoms with E-state index < -0.39 is 15.1 Å². The maximum absolute atomic E-state index is 12.0. The number of methoxy groups -OCH3 is 1. The van der Waals surface area contributed by atoms with Crippen molar-refractivity contribution in [3.63, 3.8) is 0 Å². The summed E-state index contributed by atoms with van der Waals surface area (Å²) in [6.07, 6.45) is 0.806. The first-order chi connectivity index (χ1) is 11.3. The minimum absolute atomic E-state index is 0.290. The van der Waals surface area contributed by atoms with Crippen LogP contribution in [0.2, 0.25) is 0 Å². The van der Waals surface area contributed by atoms with Crippen molar-refractivity contribution in [2.45, 2.75) is 0 Å². The Hall–Kier alpha value is -2.29. The van der Waals surface area contributed by atoms with Crippen LogP contribution < -0.4 is 15.0 Å². The fourth-order valence-corrected chi connectivity index (χ4v) is 2.73. The third kappa shape index (κ3) is 4.60. The number of nitrogens with zero attached hydrogens (tertiary/aromatic N) is 2. The van der Waals surface area contributed by atoms with Crippen LogP contribution in [-0.4, -0.2) is 70.6 Å². The molecule has 132 valence electrons. The summed E-state index contributed by atoms with van der Waals surface area (Å²) in [5.41, 5.74) is 1.05. The molecule has 1 N–H and O–H groups in total. The standard InChI is InChI=1S/C15H21N3O5S/c1-23-13-5-3-12(4-6-13)17-7-9-18(10-8-17)14(19)11-16-15(20)24(2,21)22/h3-6H,7-11H2,1-2H3,(H,16,20). The third-order valence-corrected chi connectivity index (χ3v) is 4.61. The van der Waals surface area contributed by atoms with Crippen molar-refractivity contribution >= 4 is 26.7 Å². The largest absolute Gasteiger partial charge is 0.497 e. The highest BCUT2D eigenvalue weighted by Crippen LogP contribution is 2.20. The number of nitrogens with one attached hydrogen (secondary N) is 1. The minimum atomic E-state index is -3.82. The Balaban J connectivity index is 1.83. The van der Waals surface area contributed by atoms with Crippen LogP contribution in [0.1, 0.15) is 0 Å². The molecule has 0 aromatic heterocycles. The molecular weight excluding hydrogens is 334 g/mol. The van der Waals surface area contributed by atoms with Gasteiger partial charge in [0.25, 0.3) is 0 Å². The van der Waals surface area contributed by atoms with Gasteiger partial charge in [-0.2, -0.15) is 0 Å². The Morgan fingerprint density at radius 2 is 1.71 bits per heavy atom. The van der Waals surface area contributed by atoms with E-state index in [4.69, 9.17) is 4.74 Å². The van der Waals surface area contributed by atoms with Crippen LogP contribution >= 0.6 is 0 Å². The van der Waals surface area contributed by atoms with Crippen LogP contribution in [0, 0.1) is 0 Å². The average molecular weight is 355 g/mol. The molecule has 2 amide bonds. The number of hydrogen-bond acceptors (Lipinski definition) is 6. The van der Waals surface area contributed by atoms with Crippen molar-refractivity contribution in [1.29, 1.82) is 0 Å². The van der Waals surface area contributed by atoms with Gasteiger partial charge in [0.1, 0.15) is 5.75 Å². The molecule has 1 fully saturated rings. The molecule has 0 unspecified atom stereocenters. The number of benzene rings is 1. The van der Waals surface area contributed by atoms with E-state index in [0.717, 1.165) is 17.7 Å². The molecule has 0 radical (unpaired) electrons. The number of amides is 2. The topological polar surface area (TPSA) is 96.0 Å². The van der Waals surface area contributed by atoms with Gasteiger partial charge in [-0.15, -0.1) is 0 Å². The van der Waals surface area contributed by atoms with Gasteiger partial charge in [-0.3, -0.25) is 9.59 Å². The zero-order valence-electron chi connectivity index (χ0n) is 13.7. The Kier molecular flexibility index (Phi) is 5.66. The first-order valence-electron chi connectivity index (χ1n) is 7.46. The summed E-state index contributed by atoms with van der Waals surface area (Å²) >= 11 is 0. The van der Waals surface area contributed by atoms with Crippen molar-refractivity contribution in [3.8, 4) is 5.75 Å². The molecule has 1 aromatic carbocycles. The van der Waals surface area contributed by atoms with Gasteiger partial charge in [-0.1, -0.05) is 0 Å². The molecule has 0 bridgehead atoms. The second-order valence-electron chi connectivity index (χ2n) is 5.48. The van der Waals surface area contributed by atoms with Crippen molar-refractivity contribution < 1.29 is 22.7 Å². The van der Waals surface area contributed by atoms with Crippen molar-refractivity contribution in [3.05, 3.63) is 24.3 Å².